The standard InChI is InChI=1S/C24H25F3N4O2S2/c1-16(2)14-31(21(33)15-34-19-6-4-3-5-7-19)13-12-20(32)28-23-30-29-22(35-23)17-8-10-18(11-9-17)24(25,26)27/h3-11,16H,12-15H2,1-2H3,(H,28,30,32). The maximum Gasteiger partial charge on any atom is 0.416 e. The molecular formula is C24H25F3N4O2S2. The van der Waals surface area contributed by atoms with Gasteiger partial charge in [-0.2, -0.15) is 13.2 Å². The Bertz CT molecular complexity index is 1120. The van der Waals surface area contributed by atoms with Crippen LogP contribution in [0.2, 0.25) is 0 Å². The Hall–Kier alpha value is -2.92. The summed E-state index contributed by atoms with van der Waals surface area (Å²) in [5, 5.41) is 11.2. The molecule has 0 saturated heterocycles. The topological polar surface area (TPSA) is 75.2 Å². The Morgan fingerprint density at radius 2 is 1.74 bits per heavy atom. The third-order valence-electron chi connectivity index (χ3n) is 4.78. The molecular weight excluding hydrogens is 497 g/mol. The highest BCUT2D eigenvalue weighted by atomic mass is 32.2. The van der Waals surface area contributed by atoms with Crippen molar-refractivity contribution in [2.45, 2.75) is 31.3 Å². The highest BCUT2D eigenvalue weighted by Crippen LogP contribution is 2.32. The highest BCUT2D eigenvalue weighted by molar-refractivity contribution is 8.00. The number of aromatic nitrogens is 2. The average Bonchev–Trinajstić information content (AvgIpc) is 3.28. The summed E-state index contributed by atoms with van der Waals surface area (Å²) < 4.78 is 38.2. The van der Waals surface area contributed by atoms with Crippen LogP contribution in [0.5, 0.6) is 0 Å². The van der Waals surface area contributed by atoms with Gasteiger partial charge in [0.2, 0.25) is 16.9 Å². The predicted molar refractivity (Wildman–Crippen MR) is 132 cm³/mol. The number of amides is 2. The van der Waals surface area contributed by atoms with Crippen LogP contribution in [0.25, 0.3) is 10.6 Å². The zero-order valence-corrected chi connectivity index (χ0v) is 20.8. The second-order valence-corrected chi connectivity index (χ2v) is 10.1. The van der Waals surface area contributed by atoms with Crippen LogP contribution in [0.15, 0.2) is 59.5 Å². The monoisotopic (exact) mass is 522 g/mol. The first-order chi connectivity index (χ1) is 16.6. The predicted octanol–water partition coefficient (Wildman–Crippen LogP) is 5.83. The molecule has 6 nitrogen and oxygen atoms in total. The molecule has 186 valence electrons. The maximum atomic E-state index is 12.8. The van der Waals surface area contributed by atoms with Crippen molar-refractivity contribution < 1.29 is 22.8 Å². The van der Waals surface area contributed by atoms with E-state index in [0.717, 1.165) is 28.4 Å². The number of hydrogen-bond donors (Lipinski definition) is 1. The summed E-state index contributed by atoms with van der Waals surface area (Å²) in [7, 11) is 0. The molecule has 0 bridgehead atoms. The van der Waals surface area contributed by atoms with Crippen molar-refractivity contribution in [3.05, 3.63) is 60.2 Å². The van der Waals surface area contributed by atoms with E-state index in [1.54, 1.807) is 4.90 Å². The first-order valence-electron chi connectivity index (χ1n) is 10.9. The molecule has 3 aromatic rings. The minimum absolute atomic E-state index is 0.0409. The molecule has 0 aliphatic rings. The normalized spacial score (nSPS) is 11.5. The van der Waals surface area contributed by atoms with Crippen molar-refractivity contribution in [2.75, 3.05) is 24.2 Å². The largest absolute Gasteiger partial charge is 0.416 e. The fraction of sp³-hybridized carbons (Fsp3) is 0.333. The van der Waals surface area contributed by atoms with E-state index < -0.39 is 11.7 Å². The molecule has 0 atom stereocenters. The number of nitrogens with zero attached hydrogens (tertiary/aromatic N) is 3. The molecule has 3 rings (SSSR count). The molecule has 0 aliphatic carbocycles. The van der Waals surface area contributed by atoms with Gasteiger partial charge in [0.15, 0.2) is 0 Å². The van der Waals surface area contributed by atoms with Gasteiger partial charge in [0.05, 0.1) is 11.3 Å². The smallest absolute Gasteiger partial charge is 0.341 e. The molecule has 0 unspecified atom stereocenters. The fourth-order valence-electron chi connectivity index (χ4n) is 3.12. The van der Waals surface area contributed by atoms with Crippen LogP contribution < -0.4 is 5.32 Å². The summed E-state index contributed by atoms with van der Waals surface area (Å²) in [6, 6.07) is 14.2. The van der Waals surface area contributed by atoms with Gasteiger partial charge < -0.3 is 10.2 Å². The molecule has 1 N–H and O–H groups in total. The van der Waals surface area contributed by atoms with Gasteiger partial charge in [-0.25, -0.2) is 0 Å². The number of carbonyl (C=O) groups excluding carboxylic acids is 2. The summed E-state index contributed by atoms with van der Waals surface area (Å²) in [5.74, 6) is 0.169. The van der Waals surface area contributed by atoms with Crippen molar-refractivity contribution in [3.8, 4) is 10.6 Å². The van der Waals surface area contributed by atoms with Crippen molar-refractivity contribution in [1.29, 1.82) is 0 Å². The number of halogens is 3. The summed E-state index contributed by atoms with van der Waals surface area (Å²) in [6.07, 6.45) is -4.33. The van der Waals surface area contributed by atoms with Crippen molar-refractivity contribution >= 4 is 40.0 Å². The Balaban J connectivity index is 1.53. The lowest BCUT2D eigenvalue weighted by atomic mass is 10.1. The molecule has 35 heavy (non-hydrogen) atoms. The number of alkyl halides is 3. The summed E-state index contributed by atoms with van der Waals surface area (Å²) >= 11 is 2.52. The van der Waals surface area contributed by atoms with E-state index in [2.05, 4.69) is 15.5 Å². The molecule has 2 aromatic carbocycles. The number of benzene rings is 2. The van der Waals surface area contributed by atoms with Crippen LogP contribution in [0.1, 0.15) is 25.8 Å². The number of anilines is 1. The minimum atomic E-state index is -4.41. The van der Waals surface area contributed by atoms with Crippen molar-refractivity contribution in [2.24, 2.45) is 5.92 Å². The second kappa shape index (κ2) is 12.2. The van der Waals surface area contributed by atoms with Crippen LogP contribution in [-0.4, -0.2) is 45.8 Å². The van der Waals surface area contributed by atoms with E-state index in [0.29, 0.717) is 17.1 Å². The molecule has 11 heteroatoms. The SMILES string of the molecule is CC(C)CN(CCC(=O)Nc1nnc(-c2ccc(C(F)(F)F)cc2)s1)C(=O)CSc1ccccc1. The fourth-order valence-corrected chi connectivity index (χ4v) is 4.71. The maximum absolute atomic E-state index is 12.8. The summed E-state index contributed by atoms with van der Waals surface area (Å²) in [6.45, 7) is 4.82. The van der Waals surface area contributed by atoms with Crippen LogP contribution in [-0.2, 0) is 15.8 Å². The van der Waals surface area contributed by atoms with Gasteiger partial charge in [0, 0.05) is 30.0 Å². The molecule has 2 amide bonds. The number of carbonyl (C=O) groups is 2. The summed E-state index contributed by atoms with van der Waals surface area (Å²) in [4.78, 5) is 27.9. The minimum Gasteiger partial charge on any atom is -0.341 e. The van der Waals surface area contributed by atoms with Gasteiger partial charge in [0.1, 0.15) is 5.01 Å². The second-order valence-electron chi connectivity index (χ2n) is 8.12. The third kappa shape index (κ3) is 8.36. The zero-order chi connectivity index (χ0) is 25.4. The Morgan fingerprint density at radius 3 is 2.37 bits per heavy atom. The lowest BCUT2D eigenvalue weighted by Gasteiger charge is -2.24. The van der Waals surface area contributed by atoms with Crippen molar-refractivity contribution in [1.82, 2.24) is 15.1 Å². The molecule has 0 fully saturated rings. The van der Waals surface area contributed by atoms with E-state index >= 15 is 0 Å². The van der Waals surface area contributed by atoms with Crippen LogP contribution in [0.4, 0.5) is 18.3 Å². The average molecular weight is 523 g/mol. The van der Waals surface area contributed by atoms with E-state index in [1.807, 2.05) is 44.2 Å². The first kappa shape index (κ1) is 26.7. The van der Waals surface area contributed by atoms with Crippen LogP contribution in [0.3, 0.4) is 0 Å². The molecule has 0 saturated carbocycles. The van der Waals surface area contributed by atoms with E-state index in [4.69, 9.17) is 0 Å². The first-order valence-corrected chi connectivity index (χ1v) is 12.7. The molecule has 1 aromatic heterocycles. The lowest BCUT2D eigenvalue weighted by Crippen LogP contribution is -2.37. The highest BCUT2D eigenvalue weighted by Gasteiger charge is 2.30. The number of hydrogen-bond acceptors (Lipinski definition) is 6. The van der Waals surface area contributed by atoms with Gasteiger partial charge in [0.25, 0.3) is 0 Å². The van der Waals surface area contributed by atoms with E-state index in [9.17, 15) is 22.8 Å². The molecule has 0 aliphatic heterocycles. The molecule has 0 radical (unpaired) electrons. The molecule has 1 heterocycles. The van der Waals surface area contributed by atoms with Crippen LogP contribution >= 0.6 is 23.1 Å². The van der Waals surface area contributed by atoms with E-state index in [-0.39, 0.29) is 41.6 Å². The van der Waals surface area contributed by atoms with Gasteiger partial charge in [-0.15, -0.1) is 22.0 Å². The number of nitrogens with one attached hydrogen (secondary N) is 1. The Morgan fingerprint density at radius 1 is 1.06 bits per heavy atom. The van der Waals surface area contributed by atoms with E-state index in [1.165, 1.54) is 23.9 Å². The number of rotatable bonds is 10. The van der Waals surface area contributed by atoms with Crippen LogP contribution in [0, 0.1) is 5.92 Å². The van der Waals surface area contributed by atoms with Gasteiger partial charge in [-0.1, -0.05) is 55.5 Å². The van der Waals surface area contributed by atoms with Gasteiger partial charge in [-0.3, -0.25) is 9.59 Å². The lowest BCUT2D eigenvalue weighted by molar-refractivity contribution is -0.137. The van der Waals surface area contributed by atoms with Crippen molar-refractivity contribution in [3.63, 3.8) is 0 Å². The zero-order valence-electron chi connectivity index (χ0n) is 19.2. The Kier molecular flexibility index (Phi) is 9.27. The third-order valence-corrected chi connectivity index (χ3v) is 6.67. The quantitative estimate of drug-likeness (QED) is 0.339. The summed E-state index contributed by atoms with van der Waals surface area (Å²) in [5.41, 5.74) is -0.275. The van der Waals surface area contributed by atoms with Gasteiger partial charge >= 0.3 is 6.18 Å². The Labute approximate surface area is 209 Å². The van der Waals surface area contributed by atoms with Gasteiger partial charge in [-0.05, 0) is 30.2 Å². The molecule has 0 spiro atoms. The number of thioether (sulfide) groups is 1.